The van der Waals surface area contributed by atoms with Crippen LogP contribution < -0.4 is 5.32 Å². The molecule has 2 unspecified atom stereocenters. The summed E-state index contributed by atoms with van der Waals surface area (Å²) in [5.74, 6) is 2.62. The summed E-state index contributed by atoms with van der Waals surface area (Å²) in [5.41, 5.74) is 0. The summed E-state index contributed by atoms with van der Waals surface area (Å²) in [6.07, 6.45) is 8.55. The van der Waals surface area contributed by atoms with Crippen molar-refractivity contribution in [1.29, 1.82) is 0 Å². The molecule has 0 bridgehead atoms. The average molecular weight is 250 g/mol. The quantitative estimate of drug-likeness (QED) is 0.831. The molecule has 3 nitrogen and oxygen atoms in total. The number of fused-ring (bicyclic) bond motifs is 1. The van der Waals surface area contributed by atoms with Crippen LogP contribution in [0.5, 0.6) is 0 Å². The van der Waals surface area contributed by atoms with E-state index in [-0.39, 0.29) is 0 Å². The number of nitrogens with one attached hydrogen (secondary N) is 1. The van der Waals surface area contributed by atoms with Crippen molar-refractivity contribution in [1.82, 2.24) is 10.2 Å². The first kappa shape index (κ1) is 12.5. The molecule has 18 heavy (non-hydrogen) atoms. The predicted molar refractivity (Wildman–Crippen MR) is 72.2 cm³/mol. The zero-order valence-corrected chi connectivity index (χ0v) is 11.7. The highest BCUT2D eigenvalue weighted by Crippen LogP contribution is 2.54. The lowest BCUT2D eigenvalue weighted by atomic mass is 9.89. The summed E-state index contributed by atoms with van der Waals surface area (Å²) in [7, 11) is 4.08. The van der Waals surface area contributed by atoms with Gasteiger partial charge in [0.05, 0.1) is 0 Å². The molecule has 3 heteroatoms. The molecular formula is C15H26N2O. The predicted octanol–water partition coefficient (Wildman–Crippen LogP) is 2.02. The summed E-state index contributed by atoms with van der Waals surface area (Å²) < 4.78 is 0. The van der Waals surface area contributed by atoms with E-state index in [0.29, 0.717) is 23.9 Å². The van der Waals surface area contributed by atoms with E-state index in [1.165, 1.54) is 44.9 Å². The lowest BCUT2D eigenvalue weighted by Crippen LogP contribution is -2.44. The third-order valence-corrected chi connectivity index (χ3v) is 5.59. The van der Waals surface area contributed by atoms with Gasteiger partial charge in [0.25, 0.3) is 0 Å². The van der Waals surface area contributed by atoms with Crippen LogP contribution in [-0.4, -0.2) is 37.0 Å². The Morgan fingerprint density at radius 3 is 2.22 bits per heavy atom. The van der Waals surface area contributed by atoms with Crippen molar-refractivity contribution in [2.75, 3.05) is 14.1 Å². The Balaban J connectivity index is 1.51. The van der Waals surface area contributed by atoms with Crippen molar-refractivity contribution < 1.29 is 4.79 Å². The Bertz CT molecular complexity index is 312. The van der Waals surface area contributed by atoms with E-state index in [4.69, 9.17) is 0 Å². The number of nitrogens with zero attached hydrogens (tertiary/aromatic N) is 1. The van der Waals surface area contributed by atoms with Gasteiger partial charge in [0.2, 0.25) is 5.91 Å². The van der Waals surface area contributed by atoms with E-state index in [0.717, 1.165) is 11.8 Å². The highest BCUT2D eigenvalue weighted by molar-refractivity contribution is 5.79. The summed E-state index contributed by atoms with van der Waals surface area (Å²) >= 11 is 0. The third-order valence-electron chi connectivity index (χ3n) is 5.59. The Morgan fingerprint density at radius 1 is 1.06 bits per heavy atom. The molecule has 3 fully saturated rings. The topological polar surface area (TPSA) is 32.3 Å². The van der Waals surface area contributed by atoms with E-state index in [2.05, 4.69) is 10.2 Å². The van der Waals surface area contributed by atoms with Gasteiger partial charge in [0, 0.05) is 25.0 Å². The Kier molecular flexibility index (Phi) is 3.35. The standard InChI is InChI=1S/C15H26N2O/c1-16-13-3-5-14(6-4-13)17(2)15(18)12-8-10-7-11(10)9-12/h10-14,16H,3-9H2,1-2H3. The lowest BCUT2D eigenvalue weighted by Gasteiger charge is -2.36. The third kappa shape index (κ3) is 2.29. The summed E-state index contributed by atoms with van der Waals surface area (Å²) in [6.45, 7) is 0. The average Bonchev–Trinajstić information content (AvgIpc) is 3.03. The molecule has 3 rings (SSSR count). The SMILES string of the molecule is CNC1CCC(N(C)C(=O)C2CC3CC3C2)CC1. The molecule has 1 amide bonds. The smallest absolute Gasteiger partial charge is 0.225 e. The first-order valence-corrected chi connectivity index (χ1v) is 7.63. The summed E-state index contributed by atoms with van der Waals surface area (Å²) in [4.78, 5) is 14.6. The van der Waals surface area contributed by atoms with Crippen LogP contribution in [0.4, 0.5) is 0 Å². The second kappa shape index (κ2) is 4.84. The van der Waals surface area contributed by atoms with Gasteiger partial charge < -0.3 is 10.2 Å². The minimum Gasteiger partial charge on any atom is -0.343 e. The maximum absolute atomic E-state index is 12.5. The van der Waals surface area contributed by atoms with E-state index in [1.54, 1.807) is 0 Å². The van der Waals surface area contributed by atoms with Gasteiger partial charge in [-0.1, -0.05) is 0 Å². The van der Waals surface area contributed by atoms with Gasteiger partial charge in [-0.15, -0.1) is 0 Å². The Labute approximate surface area is 110 Å². The molecule has 0 heterocycles. The number of carbonyl (C=O) groups excluding carboxylic acids is 1. The fourth-order valence-corrected chi connectivity index (χ4v) is 4.14. The second-order valence-corrected chi connectivity index (χ2v) is 6.67. The van der Waals surface area contributed by atoms with Crippen LogP contribution in [-0.2, 0) is 4.79 Å². The maximum atomic E-state index is 12.5. The fraction of sp³-hybridized carbons (Fsp3) is 0.933. The van der Waals surface area contributed by atoms with Gasteiger partial charge >= 0.3 is 0 Å². The van der Waals surface area contributed by atoms with E-state index in [1.807, 2.05) is 14.1 Å². The first-order valence-electron chi connectivity index (χ1n) is 7.63. The molecule has 0 aromatic rings. The van der Waals surface area contributed by atoms with E-state index < -0.39 is 0 Å². The van der Waals surface area contributed by atoms with E-state index >= 15 is 0 Å². The largest absolute Gasteiger partial charge is 0.343 e. The molecule has 3 aliphatic carbocycles. The van der Waals surface area contributed by atoms with Crippen molar-refractivity contribution in [2.45, 2.75) is 57.0 Å². The van der Waals surface area contributed by atoms with Crippen LogP contribution in [0.1, 0.15) is 44.9 Å². The van der Waals surface area contributed by atoms with Crippen LogP contribution in [0, 0.1) is 17.8 Å². The second-order valence-electron chi connectivity index (χ2n) is 6.67. The number of carbonyl (C=O) groups is 1. The van der Waals surface area contributed by atoms with Gasteiger partial charge in [-0.25, -0.2) is 0 Å². The van der Waals surface area contributed by atoms with Crippen molar-refractivity contribution in [2.24, 2.45) is 17.8 Å². The molecule has 3 aliphatic rings. The van der Waals surface area contributed by atoms with Crippen molar-refractivity contribution in [3.8, 4) is 0 Å². The van der Waals surface area contributed by atoms with Crippen molar-refractivity contribution in [3.05, 3.63) is 0 Å². The fourth-order valence-electron chi connectivity index (χ4n) is 4.14. The zero-order valence-electron chi connectivity index (χ0n) is 11.7. The van der Waals surface area contributed by atoms with Gasteiger partial charge in [-0.2, -0.15) is 0 Å². The van der Waals surface area contributed by atoms with Gasteiger partial charge in [0.15, 0.2) is 0 Å². The summed E-state index contributed by atoms with van der Waals surface area (Å²) in [5, 5.41) is 3.36. The van der Waals surface area contributed by atoms with E-state index in [9.17, 15) is 4.79 Å². The first-order chi connectivity index (χ1) is 8.69. The van der Waals surface area contributed by atoms with Crippen LogP contribution in [0.2, 0.25) is 0 Å². The monoisotopic (exact) mass is 250 g/mol. The van der Waals surface area contributed by atoms with Crippen LogP contribution >= 0.6 is 0 Å². The number of amides is 1. The van der Waals surface area contributed by atoms with Gasteiger partial charge in [-0.05, 0) is 63.8 Å². The minimum absolute atomic E-state index is 0.362. The zero-order chi connectivity index (χ0) is 12.7. The van der Waals surface area contributed by atoms with Crippen LogP contribution in [0.3, 0.4) is 0 Å². The molecule has 0 spiro atoms. The molecule has 102 valence electrons. The normalized spacial score (nSPS) is 42.4. The number of hydrogen-bond acceptors (Lipinski definition) is 2. The lowest BCUT2D eigenvalue weighted by molar-refractivity contribution is -0.137. The number of rotatable bonds is 3. The van der Waals surface area contributed by atoms with Gasteiger partial charge in [-0.3, -0.25) is 4.79 Å². The highest BCUT2D eigenvalue weighted by Gasteiger charge is 2.48. The highest BCUT2D eigenvalue weighted by atomic mass is 16.2. The van der Waals surface area contributed by atoms with Crippen LogP contribution in [0.15, 0.2) is 0 Å². The molecule has 0 aliphatic heterocycles. The molecule has 1 N–H and O–H groups in total. The minimum atomic E-state index is 0.362. The Hall–Kier alpha value is -0.570. The molecule has 0 saturated heterocycles. The molecule has 3 saturated carbocycles. The summed E-state index contributed by atoms with van der Waals surface area (Å²) in [6, 6.07) is 1.17. The van der Waals surface area contributed by atoms with Crippen LogP contribution in [0.25, 0.3) is 0 Å². The van der Waals surface area contributed by atoms with Crippen molar-refractivity contribution >= 4 is 5.91 Å². The molecule has 2 atom stereocenters. The van der Waals surface area contributed by atoms with Crippen molar-refractivity contribution in [3.63, 3.8) is 0 Å². The number of hydrogen-bond donors (Lipinski definition) is 1. The Morgan fingerprint density at radius 2 is 1.67 bits per heavy atom. The molecule has 0 aromatic carbocycles. The maximum Gasteiger partial charge on any atom is 0.225 e. The molecule has 0 aromatic heterocycles. The van der Waals surface area contributed by atoms with Gasteiger partial charge in [0.1, 0.15) is 0 Å². The molecular weight excluding hydrogens is 224 g/mol. The molecule has 0 radical (unpaired) electrons.